The van der Waals surface area contributed by atoms with Gasteiger partial charge >= 0.3 is 0 Å². The highest BCUT2D eigenvalue weighted by atomic mass is 79.9. The zero-order valence-corrected chi connectivity index (χ0v) is 9.37. The van der Waals surface area contributed by atoms with Crippen LogP contribution in [0.15, 0.2) is 10.1 Å². The predicted octanol–water partition coefficient (Wildman–Crippen LogP) is 1.15. The summed E-state index contributed by atoms with van der Waals surface area (Å²) in [5.74, 6) is -0.836. The lowest BCUT2D eigenvalue weighted by Crippen LogP contribution is -2.48. The van der Waals surface area contributed by atoms with Crippen LogP contribution in [0.3, 0.4) is 0 Å². The molecule has 2 atom stereocenters. The monoisotopic (exact) mass is 262 g/mol. The molecule has 0 aromatic rings. The van der Waals surface area contributed by atoms with Crippen molar-refractivity contribution in [2.24, 2.45) is 0 Å². The van der Waals surface area contributed by atoms with Crippen molar-refractivity contribution in [3.05, 3.63) is 10.1 Å². The molecule has 2 saturated heterocycles. The Labute approximate surface area is 90.3 Å². The number of ether oxygens (including phenoxy) is 4. The van der Waals surface area contributed by atoms with Gasteiger partial charge < -0.3 is 18.9 Å². The SMILES string of the molecule is CC1=C(Br)C2(OCCO2)[C@@H]2OC[C@H]1O2. The summed E-state index contributed by atoms with van der Waals surface area (Å²) in [5.41, 5.74) is 1.10. The van der Waals surface area contributed by atoms with Gasteiger partial charge in [-0.1, -0.05) is 0 Å². The number of hydrogen-bond donors (Lipinski definition) is 0. The van der Waals surface area contributed by atoms with E-state index in [4.69, 9.17) is 18.9 Å². The largest absolute Gasteiger partial charge is 0.344 e. The van der Waals surface area contributed by atoms with Crippen LogP contribution in [0.5, 0.6) is 0 Å². The van der Waals surface area contributed by atoms with Crippen LogP contribution < -0.4 is 0 Å². The van der Waals surface area contributed by atoms with Gasteiger partial charge in [0.05, 0.1) is 24.3 Å². The zero-order valence-electron chi connectivity index (χ0n) is 7.79. The molecule has 1 spiro atoms. The highest BCUT2D eigenvalue weighted by molar-refractivity contribution is 9.11. The third-order valence-electron chi connectivity index (χ3n) is 2.85. The van der Waals surface area contributed by atoms with Crippen molar-refractivity contribution in [2.45, 2.75) is 25.1 Å². The van der Waals surface area contributed by atoms with Crippen LogP contribution in [0, 0.1) is 0 Å². The van der Waals surface area contributed by atoms with Gasteiger partial charge in [0.2, 0.25) is 6.29 Å². The quantitative estimate of drug-likeness (QED) is 0.657. The van der Waals surface area contributed by atoms with Crippen LogP contribution in [-0.2, 0) is 18.9 Å². The topological polar surface area (TPSA) is 36.9 Å². The van der Waals surface area contributed by atoms with Crippen molar-refractivity contribution < 1.29 is 18.9 Å². The van der Waals surface area contributed by atoms with Crippen LogP contribution in [-0.4, -0.2) is 38.0 Å². The Morgan fingerprint density at radius 3 is 2.79 bits per heavy atom. The Hall–Kier alpha value is 0.0600. The Kier molecular flexibility index (Phi) is 2.01. The smallest absolute Gasteiger partial charge is 0.254 e. The molecule has 0 N–H and O–H groups in total. The van der Waals surface area contributed by atoms with E-state index in [2.05, 4.69) is 15.9 Å². The molecule has 5 heteroatoms. The molecule has 3 aliphatic heterocycles. The lowest BCUT2D eigenvalue weighted by molar-refractivity contribution is -0.263. The van der Waals surface area contributed by atoms with Gasteiger partial charge in [0.25, 0.3) is 5.79 Å². The van der Waals surface area contributed by atoms with Gasteiger partial charge in [-0.15, -0.1) is 0 Å². The van der Waals surface area contributed by atoms with Crippen molar-refractivity contribution in [3.63, 3.8) is 0 Å². The molecule has 0 aromatic carbocycles. The summed E-state index contributed by atoms with van der Waals surface area (Å²) in [5, 5.41) is 0. The maximum Gasteiger partial charge on any atom is 0.254 e. The first-order valence-corrected chi connectivity index (χ1v) is 5.45. The summed E-state index contributed by atoms with van der Waals surface area (Å²) in [6, 6.07) is 0. The second-order valence-electron chi connectivity index (χ2n) is 3.65. The molecule has 4 nitrogen and oxygen atoms in total. The molecule has 0 radical (unpaired) electrons. The molecule has 0 amide bonds. The van der Waals surface area contributed by atoms with E-state index in [0.717, 1.165) is 10.1 Å². The highest BCUT2D eigenvalue weighted by Gasteiger charge is 2.57. The first-order valence-electron chi connectivity index (χ1n) is 4.66. The molecular formula is C9H11BrO4. The van der Waals surface area contributed by atoms with Crippen LogP contribution in [0.2, 0.25) is 0 Å². The van der Waals surface area contributed by atoms with Gasteiger partial charge in [0.15, 0.2) is 0 Å². The molecule has 2 fully saturated rings. The standard InChI is InChI=1S/C9H11BrO4/c1-5-6-4-11-8(14-6)9(7(5)10)12-2-3-13-9/h6,8H,2-4H2,1H3/t6-,8-/m1/s1. The van der Waals surface area contributed by atoms with E-state index in [-0.39, 0.29) is 6.10 Å². The van der Waals surface area contributed by atoms with Crippen molar-refractivity contribution in [1.29, 1.82) is 0 Å². The Balaban J connectivity index is 2.07. The molecule has 0 aromatic heterocycles. The lowest BCUT2D eigenvalue weighted by atomic mass is 10.1. The maximum atomic E-state index is 5.66. The summed E-state index contributed by atoms with van der Waals surface area (Å²) in [7, 11) is 0. The number of fused-ring (bicyclic) bond motifs is 3. The summed E-state index contributed by atoms with van der Waals surface area (Å²) >= 11 is 3.53. The Bertz CT molecular complexity index is 295. The third kappa shape index (κ3) is 1.02. The number of halogens is 1. The molecule has 14 heavy (non-hydrogen) atoms. The zero-order chi connectivity index (χ0) is 9.76. The van der Waals surface area contributed by atoms with Gasteiger partial charge in [-0.05, 0) is 28.4 Å². The van der Waals surface area contributed by atoms with E-state index < -0.39 is 12.1 Å². The van der Waals surface area contributed by atoms with Crippen LogP contribution >= 0.6 is 15.9 Å². The van der Waals surface area contributed by atoms with Crippen LogP contribution in [0.25, 0.3) is 0 Å². The summed E-state index contributed by atoms with van der Waals surface area (Å²) in [6.45, 7) is 3.75. The normalized spacial score (nSPS) is 39.9. The molecule has 0 unspecified atom stereocenters. The first-order chi connectivity index (χ1) is 6.74. The molecule has 0 saturated carbocycles. The van der Waals surface area contributed by atoms with Crippen molar-refractivity contribution >= 4 is 15.9 Å². The lowest BCUT2D eigenvalue weighted by Gasteiger charge is -2.35. The molecule has 3 heterocycles. The van der Waals surface area contributed by atoms with Crippen molar-refractivity contribution in [3.8, 4) is 0 Å². The van der Waals surface area contributed by atoms with Crippen LogP contribution in [0.1, 0.15) is 6.92 Å². The third-order valence-corrected chi connectivity index (χ3v) is 4.03. The molecule has 3 aliphatic rings. The van der Waals surface area contributed by atoms with E-state index in [0.29, 0.717) is 19.8 Å². The second kappa shape index (κ2) is 3.02. The highest BCUT2D eigenvalue weighted by Crippen LogP contribution is 2.46. The first kappa shape index (κ1) is 9.30. The fourth-order valence-electron chi connectivity index (χ4n) is 2.04. The average molecular weight is 263 g/mol. The van der Waals surface area contributed by atoms with Crippen molar-refractivity contribution in [2.75, 3.05) is 19.8 Å². The van der Waals surface area contributed by atoms with Gasteiger partial charge in [-0.2, -0.15) is 0 Å². The van der Waals surface area contributed by atoms with Gasteiger partial charge in [0.1, 0.15) is 6.10 Å². The summed E-state index contributed by atoms with van der Waals surface area (Å²) in [6.07, 6.45) is -0.374. The summed E-state index contributed by atoms with van der Waals surface area (Å²) < 4.78 is 23.3. The Morgan fingerprint density at radius 1 is 1.36 bits per heavy atom. The van der Waals surface area contributed by atoms with E-state index in [1.54, 1.807) is 0 Å². The fourth-order valence-corrected chi connectivity index (χ4v) is 2.71. The fraction of sp³-hybridized carbons (Fsp3) is 0.778. The minimum Gasteiger partial charge on any atom is -0.344 e. The minimum absolute atomic E-state index is 0.0489. The molecule has 0 aliphatic carbocycles. The van der Waals surface area contributed by atoms with Gasteiger partial charge in [0, 0.05) is 0 Å². The van der Waals surface area contributed by atoms with Crippen molar-refractivity contribution in [1.82, 2.24) is 0 Å². The number of hydrogen-bond acceptors (Lipinski definition) is 4. The molecule has 3 rings (SSSR count). The minimum atomic E-state index is -0.836. The number of rotatable bonds is 0. The molecular weight excluding hydrogens is 252 g/mol. The van der Waals surface area contributed by atoms with E-state index in [9.17, 15) is 0 Å². The van der Waals surface area contributed by atoms with Crippen LogP contribution in [0.4, 0.5) is 0 Å². The molecule has 2 bridgehead atoms. The predicted molar refractivity (Wildman–Crippen MR) is 50.9 cm³/mol. The summed E-state index contributed by atoms with van der Waals surface area (Å²) in [4.78, 5) is 0. The van der Waals surface area contributed by atoms with E-state index in [1.165, 1.54) is 0 Å². The van der Waals surface area contributed by atoms with Gasteiger partial charge in [-0.25, -0.2) is 0 Å². The Morgan fingerprint density at radius 2 is 2.07 bits per heavy atom. The maximum absolute atomic E-state index is 5.66. The van der Waals surface area contributed by atoms with E-state index >= 15 is 0 Å². The second-order valence-corrected chi connectivity index (χ2v) is 4.44. The molecule has 78 valence electrons. The van der Waals surface area contributed by atoms with Gasteiger partial charge in [-0.3, -0.25) is 0 Å². The van der Waals surface area contributed by atoms with E-state index in [1.807, 2.05) is 6.92 Å². The average Bonchev–Trinajstić information content (AvgIpc) is 2.81.